The maximum Gasteiger partial charge on any atom is 0.310 e. The van der Waals surface area contributed by atoms with E-state index >= 15 is 0 Å². The summed E-state index contributed by atoms with van der Waals surface area (Å²) in [5, 5.41) is 11.7. The summed E-state index contributed by atoms with van der Waals surface area (Å²) in [5.41, 5.74) is -0.538. The molecule has 0 bridgehead atoms. The molecule has 0 aromatic carbocycles. The van der Waals surface area contributed by atoms with Gasteiger partial charge in [-0.3, -0.25) is 4.79 Å². The van der Waals surface area contributed by atoms with Crippen LogP contribution >= 0.6 is 11.3 Å². The van der Waals surface area contributed by atoms with Gasteiger partial charge in [-0.15, -0.1) is 11.3 Å². The van der Waals surface area contributed by atoms with Crippen LogP contribution in [-0.4, -0.2) is 29.6 Å². The van der Waals surface area contributed by atoms with Gasteiger partial charge < -0.3 is 10.0 Å². The average Bonchev–Trinajstić information content (AvgIpc) is 2.81. The molecule has 1 fully saturated rings. The summed E-state index contributed by atoms with van der Waals surface area (Å²) in [4.78, 5) is 15.2. The highest BCUT2D eigenvalue weighted by atomic mass is 32.1. The van der Waals surface area contributed by atoms with Crippen molar-refractivity contribution in [2.45, 2.75) is 39.2 Å². The van der Waals surface area contributed by atoms with E-state index in [2.05, 4.69) is 23.3 Å². The zero-order chi connectivity index (χ0) is 13.9. The minimum atomic E-state index is -0.614. The Morgan fingerprint density at radius 2 is 2.42 bits per heavy atom. The number of thiophene rings is 1. The van der Waals surface area contributed by atoms with E-state index in [-0.39, 0.29) is 0 Å². The van der Waals surface area contributed by atoms with Crippen LogP contribution in [0.3, 0.4) is 0 Å². The Balaban J connectivity index is 2.02. The summed E-state index contributed by atoms with van der Waals surface area (Å²) in [7, 11) is 2.03. The highest BCUT2D eigenvalue weighted by molar-refractivity contribution is 7.09. The Labute approximate surface area is 119 Å². The Hall–Kier alpha value is -0.870. The van der Waals surface area contributed by atoms with Gasteiger partial charge in [0.1, 0.15) is 0 Å². The SMILES string of the molecule is CC1CCCC(CN(C)Cc2cccs2)(C(=O)O)C1. The topological polar surface area (TPSA) is 40.5 Å². The molecule has 0 aliphatic heterocycles. The van der Waals surface area contributed by atoms with Crippen LogP contribution in [0.5, 0.6) is 0 Å². The van der Waals surface area contributed by atoms with Crippen LogP contribution in [0.15, 0.2) is 17.5 Å². The van der Waals surface area contributed by atoms with Crippen LogP contribution in [0.4, 0.5) is 0 Å². The predicted octanol–water partition coefficient (Wildman–Crippen LogP) is 3.46. The smallest absolute Gasteiger partial charge is 0.310 e. The molecular formula is C15H23NO2S. The van der Waals surface area contributed by atoms with Gasteiger partial charge in [-0.2, -0.15) is 0 Å². The molecule has 1 aliphatic carbocycles. The molecule has 1 aromatic heterocycles. The molecule has 0 saturated heterocycles. The van der Waals surface area contributed by atoms with E-state index in [1.165, 1.54) is 11.3 Å². The van der Waals surface area contributed by atoms with Crippen LogP contribution in [-0.2, 0) is 11.3 Å². The second-order valence-electron chi connectivity index (χ2n) is 6.04. The van der Waals surface area contributed by atoms with E-state index in [4.69, 9.17) is 0 Å². The van der Waals surface area contributed by atoms with E-state index in [9.17, 15) is 9.90 Å². The zero-order valence-electron chi connectivity index (χ0n) is 11.8. The summed E-state index contributed by atoms with van der Waals surface area (Å²) >= 11 is 1.73. The summed E-state index contributed by atoms with van der Waals surface area (Å²) in [6.07, 6.45) is 3.85. The Bertz CT molecular complexity index is 418. The lowest BCUT2D eigenvalue weighted by atomic mass is 9.70. The largest absolute Gasteiger partial charge is 0.481 e. The fourth-order valence-electron chi connectivity index (χ4n) is 3.31. The van der Waals surface area contributed by atoms with Crippen molar-refractivity contribution in [3.8, 4) is 0 Å². The van der Waals surface area contributed by atoms with Gasteiger partial charge >= 0.3 is 5.97 Å². The highest BCUT2D eigenvalue weighted by Crippen LogP contribution is 2.40. The third-order valence-electron chi connectivity index (χ3n) is 4.12. The maximum absolute atomic E-state index is 11.7. The maximum atomic E-state index is 11.7. The van der Waals surface area contributed by atoms with Crippen LogP contribution < -0.4 is 0 Å². The third kappa shape index (κ3) is 3.57. The van der Waals surface area contributed by atoms with Gasteiger partial charge in [0.25, 0.3) is 0 Å². The van der Waals surface area contributed by atoms with E-state index < -0.39 is 11.4 Å². The molecule has 1 aromatic rings. The number of aliphatic carboxylic acids is 1. The van der Waals surface area contributed by atoms with Gasteiger partial charge in [-0.05, 0) is 37.3 Å². The second-order valence-corrected chi connectivity index (χ2v) is 7.07. The molecule has 1 N–H and O–H groups in total. The Morgan fingerprint density at radius 3 is 3.00 bits per heavy atom. The molecule has 1 saturated carbocycles. The zero-order valence-corrected chi connectivity index (χ0v) is 12.6. The van der Waals surface area contributed by atoms with Gasteiger partial charge in [-0.1, -0.05) is 25.8 Å². The summed E-state index contributed by atoms with van der Waals surface area (Å²) in [6, 6.07) is 4.15. The number of hydrogen-bond donors (Lipinski definition) is 1. The van der Waals surface area contributed by atoms with Crippen molar-refractivity contribution in [1.82, 2.24) is 4.90 Å². The Kier molecular flexibility index (Phi) is 4.63. The van der Waals surface area contributed by atoms with Crippen LogP contribution in [0.25, 0.3) is 0 Å². The first-order chi connectivity index (χ1) is 9.02. The molecule has 1 heterocycles. The predicted molar refractivity (Wildman–Crippen MR) is 78.4 cm³/mol. The summed E-state index contributed by atoms with van der Waals surface area (Å²) in [5.74, 6) is -0.0860. The molecule has 0 radical (unpaired) electrons. The van der Waals surface area contributed by atoms with Gasteiger partial charge in [0.15, 0.2) is 0 Å². The number of nitrogens with zero attached hydrogens (tertiary/aromatic N) is 1. The Morgan fingerprint density at radius 1 is 1.63 bits per heavy atom. The van der Waals surface area contributed by atoms with E-state index in [1.807, 2.05) is 13.1 Å². The van der Waals surface area contributed by atoms with Crippen molar-refractivity contribution >= 4 is 17.3 Å². The molecule has 106 valence electrons. The lowest BCUT2D eigenvalue weighted by molar-refractivity contribution is -0.153. The van der Waals surface area contributed by atoms with E-state index in [1.54, 1.807) is 11.3 Å². The lowest BCUT2D eigenvalue weighted by Gasteiger charge is -2.39. The first-order valence-electron chi connectivity index (χ1n) is 6.96. The van der Waals surface area contributed by atoms with Crippen LogP contribution in [0.2, 0.25) is 0 Å². The van der Waals surface area contributed by atoms with Gasteiger partial charge in [0.2, 0.25) is 0 Å². The standard InChI is InChI=1S/C15H23NO2S/c1-12-5-3-7-15(9-12,14(17)18)11-16(2)10-13-6-4-8-19-13/h4,6,8,12H,3,5,7,9-11H2,1-2H3,(H,17,18). The van der Waals surface area contributed by atoms with Crippen LogP contribution in [0, 0.1) is 11.3 Å². The minimum Gasteiger partial charge on any atom is -0.481 e. The minimum absolute atomic E-state index is 0.528. The molecule has 19 heavy (non-hydrogen) atoms. The molecule has 3 nitrogen and oxygen atoms in total. The third-order valence-corrected chi connectivity index (χ3v) is 4.98. The van der Waals surface area contributed by atoms with Crippen molar-refractivity contribution in [1.29, 1.82) is 0 Å². The van der Waals surface area contributed by atoms with Crippen molar-refractivity contribution in [3.63, 3.8) is 0 Å². The monoisotopic (exact) mass is 281 g/mol. The number of carbonyl (C=O) groups is 1. The number of rotatable bonds is 5. The van der Waals surface area contributed by atoms with Gasteiger partial charge in [-0.25, -0.2) is 0 Å². The van der Waals surface area contributed by atoms with Crippen molar-refractivity contribution < 1.29 is 9.90 Å². The molecule has 2 unspecified atom stereocenters. The number of carboxylic acids is 1. The molecule has 0 amide bonds. The first kappa shape index (κ1) is 14.5. The van der Waals surface area contributed by atoms with Gasteiger partial charge in [0.05, 0.1) is 5.41 Å². The fourth-order valence-corrected chi connectivity index (χ4v) is 4.09. The second kappa shape index (κ2) is 6.06. The first-order valence-corrected chi connectivity index (χ1v) is 7.84. The normalized spacial score (nSPS) is 27.6. The quantitative estimate of drug-likeness (QED) is 0.898. The molecule has 4 heteroatoms. The van der Waals surface area contributed by atoms with Crippen molar-refractivity contribution in [2.24, 2.45) is 11.3 Å². The highest BCUT2D eigenvalue weighted by Gasteiger charge is 2.42. The molecular weight excluding hydrogens is 258 g/mol. The molecule has 2 rings (SSSR count). The van der Waals surface area contributed by atoms with E-state index in [0.717, 1.165) is 25.8 Å². The molecule has 2 atom stereocenters. The summed E-state index contributed by atoms with van der Waals surface area (Å²) in [6.45, 7) is 3.68. The number of hydrogen-bond acceptors (Lipinski definition) is 3. The van der Waals surface area contributed by atoms with Crippen molar-refractivity contribution in [3.05, 3.63) is 22.4 Å². The average molecular weight is 281 g/mol. The fraction of sp³-hybridized carbons (Fsp3) is 0.667. The molecule has 1 aliphatic rings. The van der Waals surface area contributed by atoms with E-state index in [0.29, 0.717) is 12.5 Å². The van der Waals surface area contributed by atoms with Crippen molar-refractivity contribution in [2.75, 3.05) is 13.6 Å². The number of carboxylic acid groups (broad SMARTS) is 1. The lowest BCUT2D eigenvalue weighted by Crippen LogP contribution is -2.44. The van der Waals surface area contributed by atoms with Crippen LogP contribution in [0.1, 0.15) is 37.5 Å². The van der Waals surface area contributed by atoms with Gasteiger partial charge in [0, 0.05) is 18.0 Å². The summed E-state index contributed by atoms with van der Waals surface area (Å²) < 4.78 is 0. The molecule has 0 spiro atoms.